The highest BCUT2D eigenvalue weighted by Crippen LogP contribution is 2.28. The largest absolute Gasteiger partial charge is 0.289 e. The summed E-state index contributed by atoms with van der Waals surface area (Å²) in [5.41, 5.74) is 2.52. The Bertz CT molecular complexity index is 1430. The lowest BCUT2D eigenvalue weighted by Crippen LogP contribution is -2.28. The molecule has 0 atom stereocenters. The first-order chi connectivity index (χ1) is 16.0. The van der Waals surface area contributed by atoms with Crippen molar-refractivity contribution < 1.29 is 13.2 Å². The number of nitrogens with zero attached hydrogens (tertiary/aromatic N) is 1. The van der Waals surface area contributed by atoms with Gasteiger partial charge < -0.3 is 0 Å². The van der Waals surface area contributed by atoms with Crippen LogP contribution in [0.4, 0.5) is 5.69 Å². The Morgan fingerprint density at radius 3 is 1.97 bits per heavy atom. The molecule has 0 N–H and O–H groups in total. The minimum absolute atomic E-state index is 0.0948. The number of hydrogen-bond acceptors (Lipinski definition) is 3. The maximum Gasteiger partial charge on any atom is 0.275 e. The summed E-state index contributed by atoms with van der Waals surface area (Å²) in [6, 6.07) is 33.8. The Hall–Kier alpha value is -4.14. The van der Waals surface area contributed by atoms with Crippen LogP contribution in [0.3, 0.4) is 0 Å². The molecule has 4 aromatic carbocycles. The first kappa shape index (κ1) is 22.1. The minimum atomic E-state index is -4.07. The van der Waals surface area contributed by atoms with Gasteiger partial charge >= 0.3 is 0 Å². The summed E-state index contributed by atoms with van der Waals surface area (Å²) in [6.45, 7) is 1.89. The first-order valence-electron chi connectivity index (χ1n) is 10.3. The van der Waals surface area contributed by atoms with Crippen LogP contribution < -0.4 is 4.31 Å². The molecule has 0 aromatic heterocycles. The van der Waals surface area contributed by atoms with Crippen molar-refractivity contribution in [3.63, 3.8) is 0 Å². The second-order valence-electron chi connectivity index (χ2n) is 7.40. The second kappa shape index (κ2) is 9.56. The third-order valence-corrected chi connectivity index (χ3v) is 6.67. The fourth-order valence-electron chi connectivity index (χ4n) is 3.29. The van der Waals surface area contributed by atoms with Crippen molar-refractivity contribution in [1.29, 1.82) is 0 Å². The predicted molar refractivity (Wildman–Crippen MR) is 130 cm³/mol. The predicted octanol–water partition coefficient (Wildman–Crippen LogP) is 5.43. The molecule has 0 amide bonds. The van der Waals surface area contributed by atoms with Crippen LogP contribution in [0.25, 0.3) is 0 Å². The molecule has 0 saturated carbocycles. The summed E-state index contributed by atoms with van der Waals surface area (Å²) in [6.07, 6.45) is 0. The lowest BCUT2D eigenvalue weighted by Gasteiger charge is -2.21. The van der Waals surface area contributed by atoms with Gasteiger partial charge in [-0.1, -0.05) is 78.4 Å². The standard InChI is InChI=1S/C28H21NO3S/c1-22-16-18-25(19-17-22)33(31,32)29(21-20-23-10-4-2-5-11-23)27-15-9-8-14-26(27)28(30)24-12-6-3-7-13-24/h2-19H,1H3. The molecule has 4 nitrogen and oxygen atoms in total. The summed E-state index contributed by atoms with van der Waals surface area (Å²) in [7, 11) is -4.07. The van der Waals surface area contributed by atoms with Gasteiger partial charge in [0.05, 0.1) is 10.6 Å². The van der Waals surface area contributed by atoms with Crippen molar-refractivity contribution in [2.24, 2.45) is 0 Å². The van der Waals surface area contributed by atoms with E-state index in [1.807, 2.05) is 31.2 Å². The number of aryl methyl sites for hydroxylation is 1. The number of anilines is 1. The van der Waals surface area contributed by atoms with Gasteiger partial charge in [-0.2, -0.15) is 4.31 Å². The van der Waals surface area contributed by atoms with Gasteiger partial charge in [-0.15, -0.1) is 0 Å². The lowest BCUT2D eigenvalue weighted by atomic mass is 10.0. The van der Waals surface area contributed by atoms with E-state index in [9.17, 15) is 13.2 Å². The molecule has 0 radical (unpaired) electrons. The van der Waals surface area contributed by atoms with E-state index in [4.69, 9.17) is 0 Å². The van der Waals surface area contributed by atoms with E-state index in [0.717, 1.165) is 9.87 Å². The van der Waals surface area contributed by atoms with Crippen molar-refractivity contribution >= 4 is 21.5 Å². The summed E-state index contributed by atoms with van der Waals surface area (Å²) in [5.74, 6) is 2.64. The average Bonchev–Trinajstić information content (AvgIpc) is 2.85. The molecule has 0 spiro atoms. The molecule has 0 heterocycles. The molecule has 0 fully saturated rings. The van der Waals surface area contributed by atoms with Crippen LogP contribution in [-0.2, 0) is 10.0 Å². The number of sulfonamides is 1. The zero-order valence-corrected chi connectivity index (χ0v) is 18.8. The quantitative estimate of drug-likeness (QED) is 0.231. The van der Waals surface area contributed by atoms with E-state index < -0.39 is 10.0 Å². The summed E-state index contributed by atoms with van der Waals surface area (Å²) in [5, 5.41) is 0. The molecule has 0 saturated heterocycles. The highest BCUT2D eigenvalue weighted by molar-refractivity contribution is 7.93. The van der Waals surface area contributed by atoms with Crippen LogP contribution in [0.5, 0.6) is 0 Å². The molecule has 0 bridgehead atoms. The highest BCUT2D eigenvalue weighted by Gasteiger charge is 2.28. The number of benzene rings is 4. The SMILES string of the molecule is Cc1ccc(S(=O)(=O)N(C#Cc2ccccc2)c2ccccc2C(=O)c2ccccc2)cc1. The number of rotatable bonds is 5. The number of hydrogen-bond donors (Lipinski definition) is 0. The monoisotopic (exact) mass is 451 g/mol. The van der Waals surface area contributed by atoms with Crippen molar-refractivity contribution in [3.8, 4) is 12.0 Å². The topological polar surface area (TPSA) is 54.5 Å². The van der Waals surface area contributed by atoms with Crippen molar-refractivity contribution in [3.05, 3.63) is 131 Å². The van der Waals surface area contributed by atoms with Gasteiger partial charge in [-0.25, -0.2) is 8.42 Å². The molecule has 0 aliphatic heterocycles. The van der Waals surface area contributed by atoms with Gasteiger partial charge in [0.15, 0.2) is 5.78 Å². The van der Waals surface area contributed by atoms with E-state index >= 15 is 0 Å². The minimum Gasteiger partial charge on any atom is -0.289 e. The summed E-state index contributed by atoms with van der Waals surface area (Å²) >= 11 is 0. The van der Waals surface area contributed by atoms with E-state index in [2.05, 4.69) is 12.0 Å². The molecular weight excluding hydrogens is 430 g/mol. The maximum atomic E-state index is 13.7. The molecule has 162 valence electrons. The summed E-state index contributed by atoms with van der Waals surface area (Å²) < 4.78 is 28.4. The molecule has 0 unspecified atom stereocenters. The average molecular weight is 452 g/mol. The first-order valence-corrected chi connectivity index (χ1v) is 11.8. The zero-order chi connectivity index (χ0) is 23.3. The van der Waals surface area contributed by atoms with Crippen molar-refractivity contribution in [2.75, 3.05) is 4.31 Å². The van der Waals surface area contributed by atoms with Gasteiger partial charge in [-0.3, -0.25) is 4.79 Å². The third-order valence-electron chi connectivity index (χ3n) is 5.04. The highest BCUT2D eigenvalue weighted by atomic mass is 32.2. The fourth-order valence-corrected chi connectivity index (χ4v) is 4.56. The normalized spacial score (nSPS) is 10.7. The van der Waals surface area contributed by atoms with Crippen LogP contribution in [0.1, 0.15) is 27.0 Å². The van der Waals surface area contributed by atoms with E-state index in [0.29, 0.717) is 11.1 Å². The summed E-state index contributed by atoms with van der Waals surface area (Å²) in [4.78, 5) is 13.4. The second-order valence-corrected chi connectivity index (χ2v) is 9.18. The lowest BCUT2D eigenvalue weighted by molar-refractivity contribution is 0.103. The van der Waals surface area contributed by atoms with E-state index in [1.165, 1.54) is 0 Å². The smallest absolute Gasteiger partial charge is 0.275 e. The van der Waals surface area contributed by atoms with Gasteiger partial charge in [0.25, 0.3) is 10.0 Å². The molecule has 33 heavy (non-hydrogen) atoms. The Balaban J connectivity index is 1.89. The number of para-hydroxylation sites is 1. The van der Waals surface area contributed by atoms with Gasteiger partial charge in [0.2, 0.25) is 0 Å². The molecule has 0 aliphatic carbocycles. The Morgan fingerprint density at radius 2 is 1.30 bits per heavy atom. The zero-order valence-electron chi connectivity index (χ0n) is 18.0. The Kier molecular flexibility index (Phi) is 6.39. The number of ketones is 1. The van der Waals surface area contributed by atoms with Crippen LogP contribution in [0, 0.1) is 18.9 Å². The van der Waals surface area contributed by atoms with Gasteiger partial charge in [-0.05, 0) is 49.2 Å². The molecular formula is C28H21NO3S. The molecule has 0 aliphatic rings. The molecule has 4 aromatic rings. The van der Waals surface area contributed by atoms with Gasteiger partial charge in [0, 0.05) is 22.7 Å². The fraction of sp³-hybridized carbons (Fsp3) is 0.0357. The van der Waals surface area contributed by atoms with Crippen LogP contribution in [-0.4, -0.2) is 14.2 Å². The van der Waals surface area contributed by atoms with E-state index in [-0.39, 0.29) is 21.9 Å². The Morgan fingerprint density at radius 1 is 0.727 bits per heavy atom. The van der Waals surface area contributed by atoms with E-state index in [1.54, 1.807) is 84.9 Å². The van der Waals surface area contributed by atoms with Crippen molar-refractivity contribution in [2.45, 2.75) is 11.8 Å². The number of carbonyl (C=O) groups excluding carboxylic acids is 1. The van der Waals surface area contributed by atoms with Gasteiger partial charge in [0.1, 0.15) is 0 Å². The Labute approximate surface area is 194 Å². The van der Waals surface area contributed by atoms with Crippen LogP contribution in [0.2, 0.25) is 0 Å². The maximum absolute atomic E-state index is 13.7. The van der Waals surface area contributed by atoms with Crippen LogP contribution >= 0.6 is 0 Å². The number of carbonyl (C=O) groups is 1. The molecule has 5 heteroatoms. The van der Waals surface area contributed by atoms with Crippen molar-refractivity contribution in [1.82, 2.24) is 0 Å². The molecule has 4 rings (SSSR count). The van der Waals surface area contributed by atoms with Crippen LogP contribution in [0.15, 0.2) is 114 Å². The third kappa shape index (κ3) is 4.87.